The van der Waals surface area contributed by atoms with Crippen molar-refractivity contribution in [2.75, 3.05) is 5.32 Å². The van der Waals surface area contributed by atoms with E-state index in [1.807, 2.05) is 0 Å². The van der Waals surface area contributed by atoms with E-state index < -0.39 is 18.2 Å². The van der Waals surface area contributed by atoms with Gasteiger partial charge in [0.15, 0.2) is 5.69 Å². The number of hydrogen-bond acceptors (Lipinski definition) is 4. The Labute approximate surface area is 111 Å². The van der Waals surface area contributed by atoms with Crippen LogP contribution in [-0.4, -0.2) is 20.8 Å². The molecule has 0 saturated heterocycles. The lowest BCUT2D eigenvalue weighted by Gasteiger charge is -2.05. The second kappa shape index (κ2) is 5.74. The monoisotopic (exact) mass is 287 g/mol. The topological polar surface area (TPSA) is 71.8 Å². The van der Waals surface area contributed by atoms with Gasteiger partial charge in [0.2, 0.25) is 0 Å². The molecule has 0 atom stereocenters. The van der Waals surface area contributed by atoms with E-state index >= 15 is 0 Å². The fourth-order valence-corrected chi connectivity index (χ4v) is 1.96. The van der Waals surface area contributed by atoms with E-state index in [1.54, 1.807) is 11.7 Å². The van der Waals surface area contributed by atoms with Crippen molar-refractivity contribution in [3.8, 4) is 0 Å². The summed E-state index contributed by atoms with van der Waals surface area (Å²) >= 11 is 1.39. The molecule has 2 aromatic rings. The van der Waals surface area contributed by atoms with Crippen LogP contribution in [0.15, 0.2) is 17.9 Å². The van der Waals surface area contributed by atoms with E-state index in [9.17, 15) is 13.6 Å². The zero-order valence-corrected chi connectivity index (χ0v) is 10.7. The third kappa shape index (κ3) is 3.47. The standard InChI is InChI=1S/C10H11F2N5OS/c1-17-4-7(8(16-17)9(11)12)15-10(18)14-3-6-2-13-5-19-6/h2,4-5,9H,3H2,1H3,(H2,14,15,18). The first-order valence-electron chi connectivity index (χ1n) is 5.30. The Balaban J connectivity index is 1.95. The van der Waals surface area contributed by atoms with Gasteiger partial charge in [0.1, 0.15) is 0 Å². The van der Waals surface area contributed by atoms with Crippen LogP contribution < -0.4 is 10.6 Å². The summed E-state index contributed by atoms with van der Waals surface area (Å²) < 4.78 is 26.5. The minimum Gasteiger partial charge on any atom is -0.333 e. The number of halogens is 2. The van der Waals surface area contributed by atoms with Crippen LogP contribution in [0.3, 0.4) is 0 Å². The molecule has 2 rings (SSSR count). The van der Waals surface area contributed by atoms with E-state index in [2.05, 4.69) is 20.7 Å². The summed E-state index contributed by atoms with van der Waals surface area (Å²) in [5.41, 5.74) is 1.19. The summed E-state index contributed by atoms with van der Waals surface area (Å²) in [6.07, 6.45) is 0.214. The van der Waals surface area contributed by atoms with Gasteiger partial charge in [-0.05, 0) is 0 Å². The van der Waals surface area contributed by atoms with Gasteiger partial charge in [0, 0.05) is 24.3 Å². The maximum atomic E-state index is 12.6. The van der Waals surface area contributed by atoms with Gasteiger partial charge in [-0.15, -0.1) is 11.3 Å². The van der Waals surface area contributed by atoms with Gasteiger partial charge >= 0.3 is 6.03 Å². The molecule has 19 heavy (non-hydrogen) atoms. The highest BCUT2D eigenvalue weighted by atomic mass is 32.1. The fourth-order valence-electron chi connectivity index (χ4n) is 1.43. The lowest BCUT2D eigenvalue weighted by Crippen LogP contribution is -2.28. The highest BCUT2D eigenvalue weighted by Gasteiger charge is 2.18. The first kappa shape index (κ1) is 13.4. The summed E-state index contributed by atoms with van der Waals surface area (Å²) in [7, 11) is 1.51. The number of carbonyl (C=O) groups excluding carboxylic acids is 1. The fraction of sp³-hybridized carbons (Fsp3) is 0.300. The molecule has 6 nitrogen and oxygen atoms in total. The highest BCUT2D eigenvalue weighted by molar-refractivity contribution is 7.09. The number of hydrogen-bond donors (Lipinski definition) is 2. The zero-order chi connectivity index (χ0) is 13.8. The van der Waals surface area contributed by atoms with Crippen LogP contribution >= 0.6 is 11.3 Å². The Hall–Kier alpha value is -2.03. The first-order chi connectivity index (χ1) is 9.06. The molecule has 0 unspecified atom stereocenters. The lowest BCUT2D eigenvalue weighted by atomic mass is 10.4. The first-order valence-corrected chi connectivity index (χ1v) is 6.18. The maximum Gasteiger partial charge on any atom is 0.319 e. The average molecular weight is 287 g/mol. The number of alkyl halides is 2. The van der Waals surface area contributed by atoms with Gasteiger partial charge in [0.05, 0.1) is 17.7 Å². The number of anilines is 1. The second-order valence-electron chi connectivity index (χ2n) is 3.68. The maximum absolute atomic E-state index is 12.6. The van der Waals surface area contributed by atoms with E-state index in [-0.39, 0.29) is 5.69 Å². The molecule has 0 aromatic carbocycles. The number of aryl methyl sites for hydroxylation is 1. The van der Waals surface area contributed by atoms with Gasteiger partial charge in [-0.2, -0.15) is 5.10 Å². The van der Waals surface area contributed by atoms with E-state index in [0.717, 1.165) is 4.88 Å². The molecule has 0 spiro atoms. The molecule has 0 radical (unpaired) electrons. The van der Waals surface area contributed by atoms with Crippen LogP contribution in [-0.2, 0) is 13.6 Å². The molecule has 2 aromatic heterocycles. The summed E-state index contributed by atoms with van der Waals surface area (Å²) in [4.78, 5) is 16.3. The van der Waals surface area contributed by atoms with Crippen LogP contribution in [0, 0.1) is 0 Å². The van der Waals surface area contributed by atoms with Crippen LogP contribution in [0.4, 0.5) is 19.3 Å². The Morgan fingerprint density at radius 1 is 1.58 bits per heavy atom. The van der Waals surface area contributed by atoms with Crippen LogP contribution in [0.2, 0.25) is 0 Å². The zero-order valence-electron chi connectivity index (χ0n) is 9.93. The molecular weight excluding hydrogens is 276 g/mol. The molecule has 0 aliphatic rings. The highest BCUT2D eigenvalue weighted by Crippen LogP contribution is 2.24. The summed E-state index contributed by atoms with van der Waals surface area (Å²) in [5.74, 6) is 0. The lowest BCUT2D eigenvalue weighted by molar-refractivity contribution is 0.146. The normalized spacial score (nSPS) is 10.7. The molecule has 0 bridgehead atoms. The molecule has 2 amide bonds. The van der Waals surface area contributed by atoms with Crippen LogP contribution in [0.1, 0.15) is 17.0 Å². The van der Waals surface area contributed by atoms with Gasteiger partial charge in [-0.3, -0.25) is 9.67 Å². The Morgan fingerprint density at radius 2 is 2.37 bits per heavy atom. The SMILES string of the molecule is Cn1cc(NC(=O)NCc2cncs2)c(C(F)F)n1. The molecule has 0 saturated carbocycles. The van der Waals surface area contributed by atoms with Crippen molar-refractivity contribution in [3.05, 3.63) is 28.5 Å². The number of nitrogens with zero attached hydrogens (tertiary/aromatic N) is 3. The Kier molecular flexibility index (Phi) is 4.05. The van der Waals surface area contributed by atoms with Crippen molar-refractivity contribution in [3.63, 3.8) is 0 Å². The average Bonchev–Trinajstić information content (AvgIpc) is 2.96. The van der Waals surface area contributed by atoms with E-state index in [1.165, 1.54) is 29.3 Å². The second-order valence-corrected chi connectivity index (χ2v) is 4.65. The number of rotatable bonds is 4. The van der Waals surface area contributed by atoms with Gasteiger partial charge < -0.3 is 10.6 Å². The minimum atomic E-state index is -2.74. The van der Waals surface area contributed by atoms with Crippen molar-refractivity contribution < 1.29 is 13.6 Å². The van der Waals surface area contributed by atoms with Crippen molar-refractivity contribution >= 4 is 23.1 Å². The summed E-state index contributed by atoms with van der Waals surface area (Å²) in [6.45, 7) is 0.292. The van der Waals surface area contributed by atoms with E-state index in [4.69, 9.17) is 0 Å². The number of nitrogens with one attached hydrogen (secondary N) is 2. The molecule has 0 aliphatic carbocycles. The van der Waals surface area contributed by atoms with Crippen molar-refractivity contribution in [1.82, 2.24) is 20.1 Å². The number of aromatic nitrogens is 3. The quantitative estimate of drug-likeness (QED) is 0.905. The number of thiazole rings is 1. The van der Waals surface area contributed by atoms with E-state index in [0.29, 0.717) is 6.54 Å². The summed E-state index contributed by atoms with van der Waals surface area (Å²) in [6, 6.07) is -0.566. The molecule has 2 N–H and O–H groups in total. The van der Waals surface area contributed by atoms with Crippen LogP contribution in [0.25, 0.3) is 0 Å². The largest absolute Gasteiger partial charge is 0.333 e. The minimum absolute atomic E-state index is 0.000644. The van der Waals surface area contributed by atoms with Gasteiger partial charge in [-0.25, -0.2) is 13.6 Å². The molecule has 0 aliphatic heterocycles. The number of amides is 2. The molecule has 0 fully saturated rings. The van der Waals surface area contributed by atoms with Crippen LogP contribution in [0.5, 0.6) is 0 Å². The van der Waals surface area contributed by atoms with Gasteiger partial charge in [-0.1, -0.05) is 0 Å². The molecular formula is C10H11F2N5OS. The Bertz CT molecular complexity index is 554. The van der Waals surface area contributed by atoms with Crippen molar-refractivity contribution in [2.45, 2.75) is 13.0 Å². The molecule has 2 heterocycles. The molecule has 9 heteroatoms. The number of carbonyl (C=O) groups is 1. The predicted molar refractivity (Wildman–Crippen MR) is 66.1 cm³/mol. The summed E-state index contributed by atoms with van der Waals surface area (Å²) in [5, 5.41) is 8.48. The molecule has 102 valence electrons. The predicted octanol–water partition coefficient (Wildman–Crippen LogP) is 2.14. The third-order valence-corrected chi connectivity index (χ3v) is 3.00. The third-order valence-electron chi connectivity index (χ3n) is 2.22. The Morgan fingerprint density at radius 3 is 3.00 bits per heavy atom. The van der Waals surface area contributed by atoms with Crippen molar-refractivity contribution in [1.29, 1.82) is 0 Å². The van der Waals surface area contributed by atoms with Gasteiger partial charge in [0.25, 0.3) is 6.43 Å². The smallest absolute Gasteiger partial charge is 0.319 e. The van der Waals surface area contributed by atoms with Crippen molar-refractivity contribution in [2.24, 2.45) is 7.05 Å². The number of urea groups is 1.